The van der Waals surface area contributed by atoms with Gasteiger partial charge >= 0.3 is 0 Å². The summed E-state index contributed by atoms with van der Waals surface area (Å²) < 4.78 is 2.75. The number of hydrogen-bond donors (Lipinski definition) is 0. The number of imidazole rings is 1. The highest BCUT2D eigenvalue weighted by molar-refractivity contribution is 9.10. The molecule has 2 rings (SSSR count). The van der Waals surface area contributed by atoms with Gasteiger partial charge in [-0.3, -0.25) is 4.57 Å². The monoisotopic (exact) mass is 264 g/mol. The van der Waals surface area contributed by atoms with E-state index in [2.05, 4.69) is 32.0 Å². The van der Waals surface area contributed by atoms with Crippen molar-refractivity contribution in [2.24, 2.45) is 0 Å². The van der Waals surface area contributed by atoms with Crippen LogP contribution in [0.15, 0.2) is 16.7 Å². The second-order valence-corrected chi connectivity index (χ2v) is 4.04. The van der Waals surface area contributed by atoms with Crippen LogP contribution in [0.1, 0.15) is 12.7 Å². The van der Waals surface area contributed by atoms with E-state index in [1.165, 1.54) is 0 Å². The van der Waals surface area contributed by atoms with Crippen LogP contribution in [0.2, 0.25) is 0 Å². The fourth-order valence-electron chi connectivity index (χ4n) is 1.54. The number of nitrogens with zero attached hydrogens (tertiary/aromatic N) is 4. The van der Waals surface area contributed by atoms with Crippen molar-refractivity contribution < 1.29 is 0 Å². The fraction of sp³-hybridized carbons (Fsp3) is 0.300. The van der Waals surface area contributed by atoms with Crippen molar-refractivity contribution in [3.05, 3.63) is 22.6 Å². The minimum absolute atomic E-state index is 0.300. The number of fused-ring (bicyclic) bond motifs is 1. The molecule has 0 N–H and O–H groups in total. The van der Waals surface area contributed by atoms with Crippen LogP contribution in [0.5, 0.6) is 0 Å². The second kappa shape index (κ2) is 3.99. The van der Waals surface area contributed by atoms with Gasteiger partial charge in [-0.25, -0.2) is 9.97 Å². The molecule has 0 bridgehead atoms. The summed E-state index contributed by atoms with van der Waals surface area (Å²) in [6.07, 6.45) is 2.52. The Morgan fingerprint density at radius 3 is 3.07 bits per heavy atom. The zero-order valence-corrected chi connectivity index (χ0v) is 9.82. The van der Waals surface area contributed by atoms with Gasteiger partial charge in [0.2, 0.25) is 0 Å². The molecule has 2 aromatic rings. The quantitative estimate of drug-likeness (QED) is 0.837. The average molecular weight is 265 g/mol. The van der Waals surface area contributed by atoms with Gasteiger partial charge in [0.1, 0.15) is 17.9 Å². The van der Waals surface area contributed by atoms with Crippen molar-refractivity contribution in [2.45, 2.75) is 19.9 Å². The maximum absolute atomic E-state index is 8.74. The first-order valence-electron chi connectivity index (χ1n) is 4.64. The number of rotatable bonds is 2. The standard InChI is InChI=1S/C10H9BrN4/c1-2-9-14-8-5-7(11)6-13-10(8)15(9)4-3-12/h5-6H,2,4H2,1H3. The van der Waals surface area contributed by atoms with E-state index >= 15 is 0 Å². The van der Waals surface area contributed by atoms with Gasteiger partial charge in [0.15, 0.2) is 5.65 Å². The highest BCUT2D eigenvalue weighted by Gasteiger charge is 2.09. The average Bonchev–Trinajstić information content (AvgIpc) is 2.56. The predicted molar refractivity (Wildman–Crippen MR) is 60.2 cm³/mol. The minimum Gasteiger partial charge on any atom is -0.299 e. The first kappa shape index (κ1) is 10.1. The topological polar surface area (TPSA) is 54.5 Å². The van der Waals surface area contributed by atoms with Crippen LogP contribution in [-0.4, -0.2) is 14.5 Å². The van der Waals surface area contributed by atoms with Gasteiger partial charge in [0.05, 0.1) is 6.07 Å². The molecule has 2 heterocycles. The van der Waals surface area contributed by atoms with Gasteiger partial charge in [-0.1, -0.05) is 6.92 Å². The van der Waals surface area contributed by atoms with E-state index in [4.69, 9.17) is 5.26 Å². The van der Waals surface area contributed by atoms with Crippen molar-refractivity contribution in [2.75, 3.05) is 0 Å². The fourth-order valence-corrected chi connectivity index (χ4v) is 1.86. The molecule has 0 aliphatic carbocycles. The number of pyridine rings is 1. The van der Waals surface area contributed by atoms with Crippen molar-refractivity contribution >= 4 is 27.1 Å². The molecule has 0 aromatic carbocycles. The van der Waals surface area contributed by atoms with Crippen molar-refractivity contribution in [3.63, 3.8) is 0 Å². The Bertz CT molecular complexity index is 538. The van der Waals surface area contributed by atoms with E-state index in [0.717, 1.165) is 27.9 Å². The van der Waals surface area contributed by atoms with Crippen molar-refractivity contribution in [1.82, 2.24) is 14.5 Å². The normalized spacial score (nSPS) is 10.5. The lowest BCUT2D eigenvalue weighted by Crippen LogP contribution is -2.01. The first-order chi connectivity index (χ1) is 7.26. The van der Waals surface area contributed by atoms with Crippen LogP contribution in [-0.2, 0) is 13.0 Å². The largest absolute Gasteiger partial charge is 0.299 e. The highest BCUT2D eigenvalue weighted by Crippen LogP contribution is 2.18. The summed E-state index contributed by atoms with van der Waals surface area (Å²) in [4.78, 5) is 8.70. The van der Waals surface area contributed by atoms with Crippen molar-refractivity contribution in [1.29, 1.82) is 5.26 Å². The van der Waals surface area contributed by atoms with E-state index in [-0.39, 0.29) is 0 Å². The van der Waals surface area contributed by atoms with Crippen LogP contribution < -0.4 is 0 Å². The summed E-state index contributed by atoms with van der Waals surface area (Å²) in [6.45, 7) is 2.32. The second-order valence-electron chi connectivity index (χ2n) is 3.12. The Balaban J connectivity index is 2.70. The van der Waals surface area contributed by atoms with Gasteiger partial charge in [-0.2, -0.15) is 5.26 Å². The number of halogens is 1. The molecule has 0 aliphatic heterocycles. The van der Waals surface area contributed by atoms with Gasteiger partial charge in [-0.15, -0.1) is 0 Å². The van der Waals surface area contributed by atoms with Crippen LogP contribution in [0, 0.1) is 11.3 Å². The molecule has 4 nitrogen and oxygen atoms in total. The zero-order chi connectivity index (χ0) is 10.8. The lowest BCUT2D eigenvalue weighted by Gasteiger charge is -2.00. The summed E-state index contributed by atoms with van der Waals surface area (Å²) in [6, 6.07) is 4.03. The molecule has 0 spiro atoms. The summed E-state index contributed by atoms with van der Waals surface area (Å²) in [5.74, 6) is 0.900. The summed E-state index contributed by atoms with van der Waals surface area (Å²) >= 11 is 3.35. The molecule has 0 amide bonds. The van der Waals surface area contributed by atoms with Crippen molar-refractivity contribution in [3.8, 4) is 6.07 Å². The molecule has 0 fully saturated rings. The maximum Gasteiger partial charge on any atom is 0.161 e. The van der Waals surface area contributed by atoms with E-state index in [1.54, 1.807) is 6.20 Å². The lowest BCUT2D eigenvalue weighted by atomic mass is 10.4. The van der Waals surface area contributed by atoms with E-state index in [0.29, 0.717) is 6.54 Å². The van der Waals surface area contributed by atoms with Crippen LogP contribution in [0.4, 0.5) is 0 Å². The van der Waals surface area contributed by atoms with Crippen LogP contribution in [0.3, 0.4) is 0 Å². The molecule has 0 saturated heterocycles. The van der Waals surface area contributed by atoms with Crippen LogP contribution >= 0.6 is 15.9 Å². The van der Waals surface area contributed by atoms with E-state index < -0.39 is 0 Å². The third-order valence-corrected chi connectivity index (χ3v) is 2.61. The number of hydrogen-bond acceptors (Lipinski definition) is 3. The van der Waals surface area contributed by atoms with Gasteiger partial charge in [0, 0.05) is 17.1 Å². The SMILES string of the molecule is CCc1nc2cc(Br)cnc2n1CC#N. The molecule has 76 valence electrons. The van der Waals surface area contributed by atoms with E-state index in [9.17, 15) is 0 Å². The molecule has 15 heavy (non-hydrogen) atoms. The Labute approximate surface area is 95.7 Å². The molecule has 2 aromatic heterocycles. The number of aryl methyl sites for hydroxylation is 1. The van der Waals surface area contributed by atoms with E-state index in [1.807, 2.05) is 17.6 Å². The number of nitriles is 1. The zero-order valence-electron chi connectivity index (χ0n) is 8.24. The smallest absolute Gasteiger partial charge is 0.161 e. The van der Waals surface area contributed by atoms with Gasteiger partial charge in [-0.05, 0) is 22.0 Å². The third kappa shape index (κ3) is 1.73. The van der Waals surface area contributed by atoms with Gasteiger partial charge in [0.25, 0.3) is 0 Å². The Morgan fingerprint density at radius 1 is 1.60 bits per heavy atom. The maximum atomic E-state index is 8.74. The lowest BCUT2D eigenvalue weighted by molar-refractivity contribution is 0.769. The first-order valence-corrected chi connectivity index (χ1v) is 5.43. The molecule has 0 radical (unpaired) electrons. The third-order valence-electron chi connectivity index (χ3n) is 2.18. The molecule has 0 atom stereocenters. The highest BCUT2D eigenvalue weighted by atomic mass is 79.9. The molecule has 5 heteroatoms. The van der Waals surface area contributed by atoms with Crippen LogP contribution in [0.25, 0.3) is 11.2 Å². The molecular formula is C10H9BrN4. The molecule has 0 saturated carbocycles. The Kier molecular flexibility index (Phi) is 2.69. The number of aromatic nitrogens is 3. The Hall–Kier alpha value is -1.41. The predicted octanol–water partition coefficient (Wildman–Crippen LogP) is 2.28. The van der Waals surface area contributed by atoms with Gasteiger partial charge < -0.3 is 0 Å². The molecular weight excluding hydrogens is 256 g/mol. The summed E-state index contributed by atoms with van der Waals surface area (Å²) in [5.41, 5.74) is 1.60. The Morgan fingerprint density at radius 2 is 2.40 bits per heavy atom. The molecule has 0 unspecified atom stereocenters. The summed E-state index contributed by atoms with van der Waals surface area (Å²) in [7, 11) is 0. The summed E-state index contributed by atoms with van der Waals surface area (Å²) in [5, 5.41) is 8.74. The minimum atomic E-state index is 0.300. The molecule has 0 aliphatic rings.